The molecule has 1 aromatic heterocycles. The first-order valence-electron chi connectivity index (χ1n) is 4.60. The molecular formula is C9H6F6N2O2. The molecule has 1 rings (SSSR count). The van der Waals surface area contributed by atoms with Gasteiger partial charge in [-0.15, -0.1) is 13.2 Å². The topological polar surface area (TPSA) is 65.2 Å². The largest absolute Gasteiger partial charge is 0.573 e. The summed E-state index contributed by atoms with van der Waals surface area (Å²) in [5.74, 6) is -1.70. The molecular weight excluding hydrogens is 282 g/mol. The van der Waals surface area contributed by atoms with Crippen LogP contribution in [0.25, 0.3) is 0 Å². The first kappa shape index (κ1) is 15.2. The van der Waals surface area contributed by atoms with Crippen molar-refractivity contribution in [3.63, 3.8) is 0 Å². The highest BCUT2D eigenvalue weighted by molar-refractivity contribution is 5.82. The van der Waals surface area contributed by atoms with Crippen molar-refractivity contribution in [1.82, 2.24) is 4.98 Å². The molecule has 0 unspecified atom stereocenters. The summed E-state index contributed by atoms with van der Waals surface area (Å²) in [6.07, 6.45) is -10.2. The Morgan fingerprint density at radius 1 is 1.26 bits per heavy atom. The summed E-state index contributed by atoms with van der Waals surface area (Å²) < 4.78 is 77.1. The molecule has 0 saturated carbocycles. The normalized spacial score (nSPS) is 12.4. The molecule has 0 bridgehead atoms. The van der Waals surface area contributed by atoms with Gasteiger partial charge >= 0.3 is 12.5 Å². The van der Waals surface area contributed by atoms with Gasteiger partial charge in [0.25, 0.3) is 0 Å². The van der Waals surface area contributed by atoms with E-state index >= 15 is 0 Å². The van der Waals surface area contributed by atoms with Crippen LogP contribution in [0.5, 0.6) is 5.75 Å². The maximum Gasteiger partial charge on any atom is 0.573 e. The van der Waals surface area contributed by atoms with Crippen LogP contribution >= 0.6 is 0 Å². The summed E-state index contributed by atoms with van der Waals surface area (Å²) in [6, 6.07) is 0. The van der Waals surface area contributed by atoms with E-state index in [9.17, 15) is 31.1 Å². The molecule has 0 amide bonds. The van der Waals surface area contributed by atoms with Crippen molar-refractivity contribution in [3.8, 4) is 5.75 Å². The number of nitrogens with zero attached hydrogens (tertiary/aromatic N) is 1. The third-order valence-electron chi connectivity index (χ3n) is 1.98. The first-order chi connectivity index (χ1) is 8.60. The van der Waals surface area contributed by atoms with Gasteiger partial charge in [0.1, 0.15) is 0 Å². The lowest BCUT2D eigenvalue weighted by Crippen LogP contribution is -2.23. The second-order valence-electron chi connectivity index (χ2n) is 3.24. The highest BCUT2D eigenvalue weighted by atomic mass is 19.4. The lowest BCUT2D eigenvalue weighted by Gasteiger charge is -2.17. The van der Waals surface area contributed by atoms with Crippen LogP contribution in [0, 0.1) is 0 Å². The van der Waals surface area contributed by atoms with Crippen LogP contribution < -0.4 is 10.5 Å². The number of hydrogen-bond donors (Lipinski definition) is 1. The summed E-state index contributed by atoms with van der Waals surface area (Å²) in [6.45, 7) is -0.465. The van der Waals surface area contributed by atoms with Crippen LogP contribution in [-0.4, -0.2) is 17.6 Å². The Morgan fingerprint density at radius 2 is 1.84 bits per heavy atom. The van der Waals surface area contributed by atoms with Gasteiger partial charge in [-0.3, -0.25) is 4.79 Å². The Balaban J connectivity index is 3.54. The quantitative estimate of drug-likeness (QED) is 0.684. The third-order valence-corrected chi connectivity index (χ3v) is 1.98. The number of nitrogens with two attached hydrogens (primary N) is 1. The SMILES string of the molecule is NCc1cnc(C(F)(F)F)c(OC(F)(F)F)c1C=O. The van der Waals surface area contributed by atoms with Crippen molar-refractivity contribution in [2.24, 2.45) is 5.73 Å². The minimum atomic E-state index is -5.40. The van der Waals surface area contributed by atoms with Gasteiger partial charge in [-0.1, -0.05) is 0 Å². The van der Waals surface area contributed by atoms with Gasteiger partial charge in [-0.25, -0.2) is 4.98 Å². The van der Waals surface area contributed by atoms with E-state index in [1.54, 1.807) is 0 Å². The molecule has 0 saturated heterocycles. The van der Waals surface area contributed by atoms with Crippen molar-refractivity contribution in [2.45, 2.75) is 19.1 Å². The number of halogens is 6. The predicted molar refractivity (Wildman–Crippen MR) is 49.2 cm³/mol. The van der Waals surface area contributed by atoms with E-state index in [-0.39, 0.29) is 11.8 Å². The smallest absolute Gasteiger partial charge is 0.403 e. The van der Waals surface area contributed by atoms with E-state index in [4.69, 9.17) is 5.73 Å². The Hall–Kier alpha value is -1.84. The molecule has 0 spiro atoms. The maximum atomic E-state index is 12.5. The molecule has 0 fully saturated rings. The number of carbonyl (C=O) groups excluding carboxylic acids is 1. The van der Waals surface area contributed by atoms with E-state index in [2.05, 4.69) is 9.72 Å². The van der Waals surface area contributed by atoms with Gasteiger partial charge in [-0.05, 0) is 5.56 Å². The first-order valence-corrected chi connectivity index (χ1v) is 4.60. The molecule has 4 nitrogen and oxygen atoms in total. The molecule has 10 heteroatoms. The van der Waals surface area contributed by atoms with Gasteiger partial charge in [-0.2, -0.15) is 13.2 Å². The summed E-state index contributed by atoms with van der Waals surface area (Å²) >= 11 is 0. The van der Waals surface area contributed by atoms with Crippen LogP contribution in [0.1, 0.15) is 21.6 Å². The predicted octanol–water partition coefficient (Wildman–Crippen LogP) is 2.27. The second-order valence-corrected chi connectivity index (χ2v) is 3.24. The van der Waals surface area contributed by atoms with E-state index in [0.29, 0.717) is 6.20 Å². The van der Waals surface area contributed by atoms with Gasteiger partial charge in [0.15, 0.2) is 17.7 Å². The Kier molecular flexibility index (Phi) is 4.03. The van der Waals surface area contributed by atoms with Gasteiger partial charge in [0.05, 0.1) is 5.56 Å². The molecule has 106 valence electrons. The fraction of sp³-hybridized carbons (Fsp3) is 0.333. The fourth-order valence-electron chi connectivity index (χ4n) is 1.26. The summed E-state index contributed by atoms with van der Waals surface area (Å²) in [5, 5.41) is 0. The van der Waals surface area contributed by atoms with Crippen molar-refractivity contribution in [3.05, 3.63) is 23.0 Å². The van der Waals surface area contributed by atoms with E-state index in [1.165, 1.54) is 0 Å². The number of aldehydes is 1. The van der Waals surface area contributed by atoms with E-state index < -0.39 is 36.1 Å². The Labute approximate surface area is 102 Å². The van der Waals surface area contributed by atoms with Crippen molar-refractivity contribution in [1.29, 1.82) is 0 Å². The number of aromatic nitrogens is 1. The van der Waals surface area contributed by atoms with Gasteiger partial charge in [0.2, 0.25) is 0 Å². The number of ether oxygens (including phenoxy) is 1. The van der Waals surface area contributed by atoms with E-state index in [0.717, 1.165) is 0 Å². The molecule has 0 aliphatic rings. The Bertz CT molecular complexity index is 483. The average Bonchev–Trinajstić information content (AvgIpc) is 2.24. The molecule has 0 aliphatic carbocycles. The number of alkyl halides is 6. The number of carbonyl (C=O) groups is 1. The van der Waals surface area contributed by atoms with Gasteiger partial charge in [0, 0.05) is 12.7 Å². The number of rotatable bonds is 3. The van der Waals surface area contributed by atoms with Crippen molar-refractivity contribution < 1.29 is 35.9 Å². The zero-order valence-corrected chi connectivity index (χ0v) is 8.97. The molecule has 0 aromatic carbocycles. The highest BCUT2D eigenvalue weighted by Crippen LogP contribution is 2.39. The van der Waals surface area contributed by atoms with Gasteiger partial charge < -0.3 is 10.5 Å². The zero-order valence-electron chi connectivity index (χ0n) is 8.97. The standard InChI is InChI=1S/C9H6F6N2O2/c10-8(11,12)7-6(19-9(13,14)15)5(3-18)4(1-16)2-17-7/h2-3H,1,16H2. The highest BCUT2D eigenvalue weighted by Gasteiger charge is 2.42. The van der Waals surface area contributed by atoms with Crippen LogP contribution in [0.3, 0.4) is 0 Å². The van der Waals surface area contributed by atoms with Crippen molar-refractivity contribution >= 4 is 6.29 Å². The van der Waals surface area contributed by atoms with Crippen LogP contribution in [-0.2, 0) is 12.7 Å². The summed E-state index contributed by atoms with van der Waals surface area (Å²) in [7, 11) is 0. The van der Waals surface area contributed by atoms with Crippen molar-refractivity contribution in [2.75, 3.05) is 0 Å². The molecule has 2 N–H and O–H groups in total. The number of pyridine rings is 1. The van der Waals surface area contributed by atoms with Crippen LogP contribution in [0.15, 0.2) is 6.20 Å². The molecule has 0 aliphatic heterocycles. The Morgan fingerprint density at radius 3 is 2.21 bits per heavy atom. The minimum Gasteiger partial charge on any atom is -0.403 e. The fourth-order valence-corrected chi connectivity index (χ4v) is 1.26. The number of hydrogen-bond acceptors (Lipinski definition) is 4. The monoisotopic (exact) mass is 288 g/mol. The molecule has 19 heavy (non-hydrogen) atoms. The molecule has 0 atom stereocenters. The lowest BCUT2D eigenvalue weighted by molar-refractivity contribution is -0.276. The average molecular weight is 288 g/mol. The zero-order chi connectivity index (χ0) is 14.8. The lowest BCUT2D eigenvalue weighted by atomic mass is 10.1. The third kappa shape index (κ3) is 3.56. The van der Waals surface area contributed by atoms with Crippen LogP contribution in [0.4, 0.5) is 26.3 Å². The van der Waals surface area contributed by atoms with Crippen LogP contribution in [0.2, 0.25) is 0 Å². The molecule has 1 heterocycles. The maximum absolute atomic E-state index is 12.5. The minimum absolute atomic E-state index is 0.194. The second kappa shape index (κ2) is 5.03. The molecule has 0 radical (unpaired) electrons. The van der Waals surface area contributed by atoms with E-state index in [1.807, 2.05) is 0 Å². The molecule has 1 aromatic rings. The summed E-state index contributed by atoms with van der Waals surface area (Å²) in [4.78, 5) is 13.5. The summed E-state index contributed by atoms with van der Waals surface area (Å²) in [5.41, 5.74) is 1.94.